The number of nitrogens with zero attached hydrogens (tertiary/aromatic N) is 11. The number of nitrogens with one attached hydrogen (secondary N) is 5. The van der Waals surface area contributed by atoms with Gasteiger partial charge in [-0.15, -0.1) is 0 Å². The summed E-state index contributed by atoms with van der Waals surface area (Å²) in [5, 5.41) is 60.7. The number of non-ortho nitro benzene ring substituents is 4. The maximum atomic E-state index is 12.3. The minimum absolute atomic E-state index is 0.149. The molecule has 0 radical (unpaired) electrons. The van der Waals surface area contributed by atoms with E-state index in [2.05, 4.69) is 26.4 Å². The predicted octanol–water partition coefficient (Wildman–Crippen LogP) is 13.1. The fraction of sp³-hybridized carbons (Fsp3) is 0. The Kier molecular flexibility index (Phi) is 11.3. The number of H-pyrrole nitrogens is 1. The van der Waals surface area contributed by atoms with Crippen molar-refractivity contribution >= 4 is 107 Å². The van der Waals surface area contributed by atoms with Crippen molar-refractivity contribution in [3.63, 3.8) is 0 Å². The van der Waals surface area contributed by atoms with Crippen molar-refractivity contribution < 1.29 is 19.7 Å². The van der Waals surface area contributed by atoms with Crippen LogP contribution in [0.4, 0.5) is 62.6 Å². The van der Waals surface area contributed by atoms with Crippen molar-refractivity contribution in [3.05, 3.63) is 216 Å². The molecular weight excluding hydrogens is 1020 g/mol. The average Bonchev–Trinajstić information content (AvgIpc) is 4.33. The Morgan fingerprint density at radius 3 is 1.23 bits per heavy atom. The maximum Gasteiger partial charge on any atom is 0.271 e. The summed E-state index contributed by atoms with van der Waals surface area (Å²) in [6.45, 7) is 0. The third-order valence-corrected chi connectivity index (χ3v) is 13.3. The molecule has 386 valence electrons. The van der Waals surface area contributed by atoms with Gasteiger partial charge in [-0.25, -0.2) is 34.6 Å². The molecule has 0 aliphatic carbocycles. The first-order chi connectivity index (χ1) is 38.9. The Hall–Kier alpha value is -12.1. The molecular formula is C56H34N16O8. The summed E-state index contributed by atoms with van der Waals surface area (Å²) in [6.07, 6.45) is 0. The van der Waals surface area contributed by atoms with Crippen molar-refractivity contribution in [2.75, 3.05) is 21.4 Å². The van der Waals surface area contributed by atoms with E-state index < -0.39 is 19.7 Å². The lowest BCUT2D eigenvalue weighted by atomic mass is 10.1. The second kappa shape index (κ2) is 18.9. The van der Waals surface area contributed by atoms with Gasteiger partial charge in [0.05, 0.1) is 47.8 Å². The molecule has 13 rings (SSSR count). The number of rotatable bonds is 12. The van der Waals surface area contributed by atoms with E-state index in [0.29, 0.717) is 60.8 Å². The lowest BCUT2D eigenvalue weighted by molar-refractivity contribution is -0.385. The topological polar surface area (TPSA) is 319 Å². The van der Waals surface area contributed by atoms with Gasteiger partial charge in [0.2, 0.25) is 0 Å². The van der Waals surface area contributed by atoms with E-state index in [1.54, 1.807) is 41.1 Å². The molecule has 0 spiro atoms. The zero-order valence-electron chi connectivity index (χ0n) is 40.9. The lowest BCUT2D eigenvalue weighted by Gasteiger charge is -2.20. The first kappa shape index (κ1) is 47.6. The fourth-order valence-corrected chi connectivity index (χ4v) is 9.72. The van der Waals surface area contributed by atoms with Crippen molar-refractivity contribution in [2.24, 2.45) is 0 Å². The summed E-state index contributed by atoms with van der Waals surface area (Å²) in [7, 11) is 0. The maximum absolute atomic E-state index is 12.3. The van der Waals surface area contributed by atoms with Crippen LogP contribution in [-0.4, -0.2) is 59.3 Å². The molecule has 0 amide bonds. The largest absolute Gasteiger partial charge is 0.354 e. The van der Waals surface area contributed by atoms with Gasteiger partial charge in [-0.3, -0.25) is 45.9 Å². The van der Waals surface area contributed by atoms with Gasteiger partial charge >= 0.3 is 0 Å². The molecule has 0 saturated heterocycles. The standard InChI is InChI=1S/C56H34N16O8/c73-69(74)34-15-7-11-30(25-34)57-45-29-44-46(48(59-32-13-9-17-36(27-32)71(77)78)47(45)58-31-12-8-16-35(26-31)70(75)76)54-63-50-39-20-2-4-22-41(39)52(61-50)66-56-43-24-6-5-23-42(43)55(68(56)67-33-14-10-18-37(28-33)72(79)80)65-51-40-21-3-1-19-38(40)49(60-51)62-53(44)64-54/h1-29,57-59,67H,(H,60,61,62,63,64,65,66). The number of aromatic amines is 1. The average molecular weight is 1060 g/mol. The number of benzene rings is 8. The molecule has 3 aromatic heterocycles. The monoisotopic (exact) mass is 1060 g/mol. The second-order valence-corrected chi connectivity index (χ2v) is 18.2. The van der Waals surface area contributed by atoms with Crippen LogP contribution in [0.1, 0.15) is 0 Å². The van der Waals surface area contributed by atoms with Crippen LogP contribution < -0.4 is 21.4 Å². The minimum atomic E-state index is -0.541. The van der Waals surface area contributed by atoms with Crippen LogP contribution in [0.3, 0.4) is 0 Å². The molecule has 8 aromatic carbocycles. The molecule has 80 heavy (non-hydrogen) atoms. The Bertz CT molecular complexity index is 4680. The van der Waals surface area contributed by atoms with Crippen LogP contribution in [0, 0.1) is 40.5 Å². The van der Waals surface area contributed by atoms with Crippen LogP contribution in [0.25, 0.3) is 89.7 Å². The molecule has 24 heteroatoms. The SMILES string of the molecule is O=[N+]([O-])c1cccc(Nc2cc3c4nc5nc(nc6c7ccccc7c(nc7nc(nc([nH]4)c3c(Nc3cccc([N+](=O)[O-])c3)c2Nc2cccc([N+](=O)[O-])c2)-c2ccccc2-7)n6Nc2cccc([N+](=O)[O-])c2)-c2ccccc2-5)c1. The number of hydrogen-bond donors (Lipinski definition) is 5. The Labute approximate surface area is 447 Å². The molecule has 11 aromatic rings. The van der Waals surface area contributed by atoms with Gasteiger partial charge in [0.25, 0.3) is 22.7 Å². The van der Waals surface area contributed by atoms with Gasteiger partial charge in [-0.1, -0.05) is 97.1 Å². The van der Waals surface area contributed by atoms with E-state index >= 15 is 0 Å². The van der Waals surface area contributed by atoms with Crippen molar-refractivity contribution in [1.29, 1.82) is 0 Å². The van der Waals surface area contributed by atoms with Crippen molar-refractivity contribution in [2.45, 2.75) is 0 Å². The molecule has 5 heterocycles. The summed E-state index contributed by atoms with van der Waals surface area (Å²) >= 11 is 0. The molecule has 0 unspecified atom stereocenters. The zero-order valence-corrected chi connectivity index (χ0v) is 40.9. The molecule has 0 atom stereocenters. The van der Waals surface area contributed by atoms with Crippen LogP contribution in [-0.2, 0) is 0 Å². The molecule has 5 N–H and O–H groups in total. The van der Waals surface area contributed by atoms with Gasteiger partial charge < -0.3 is 20.9 Å². The predicted molar refractivity (Wildman–Crippen MR) is 301 cm³/mol. The minimum Gasteiger partial charge on any atom is -0.354 e. The van der Waals surface area contributed by atoms with Gasteiger partial charge in [0.1, 0.15) is 11.3 Å². The molecule has 0 saturated carbocycles. The summed E-state index contributed by atoms with van der Waals surface area (Å²) in [6, 6.07) is 47.4. The summed E-state index contributed by atoms with van der Waals surface area (Å²) in [4.78, 5) is 81.1. The molecule has 2 aliphatic rings. The number of hydrogen-bond acceptors (Lipinski definition) is 18. The number of anilines is 7. The first-order valence-electron chi connectivity index (χ1n) is 24.3. The van der Waals surface area contributed by atoms with E-state index in [0.717, 1.165) is 0 Å². The Morgan fingerprint density at radius 2 is 0.762 bits per heavy atom. The number of nitro benzene ring substituents is 4. The van der Waals surface area contributed by atoms with Crippen LogP contribution in [0.5, 0.6) is 0 Å². The highest BCUT2D eigenvalue weighted by Gasteiger charge is 2.27. The Morgan fingerprint density at radius 1 is 0.375 bits per heavy atom. The highest BCUT2D eigenvalue weighted by molar-refractivity contribution is 6.19. The summed E-state index contributed by atoms with van der Waals surface area (Å²) in [5.41, 5.74) is 7.80. The van der Waals surface area contributed by atoms with Crippen molar-refractivity contribution in [1.82, 2.24) is 39.6 Å². The normalized spacial score (nSPS) is 11.4. The van der Waals surface area contributed by atoms with Crippen LogP contribution in [0.2, 0.25) is 0 Å². The fourth-order valence-electron chi connectivity index (χ4n) is 9.72. The van der Waals surface area contributed by atoms with Gasteiger partial charge in [-0.2, -0.15) is 0 Å². The number of nitro groups is 4. The highest BCUT2D eigenvalue weighted by atomic mass is 16.6. The van der Waals surface area contributed by atoms with Gasteiger partial charge in [0, 0.05) is 104 Å². The quantitative estimate of drug-likeness (QED) is 0.0560. The smallest absolute Gasteiger partial charge is 0.271 e. The first-order valence-corrected chi connectivity index (χ1v) is 24.3. The third kappa shape index (κ3) is 8.49. The van der Waals surface area contributed by atoms with Gasteiger partial charge in [0.15, 0.2) is 34.6 Å². The van der Waals surface area contributed by atoms with E-state index in [1.165, 1.54) is 66.7 Å². The second-order valence-electron chi connectivity index (χ2n) is 18.2. The summed E-state index contributed by atoms with van der Waals surface area (Å²) in [5.74, 6) is 0.925. The molecule has 24 nitrogen and oxygen atoms in total. The van der Waals surface area contributed by atoms with Crippen LogP contribution >= 0.6 is 0 Å². The Balaban J connectivity index is 1.19. The van der Waals surface area contributed by atoms with E-state index in [4.69, 9.17) is 29.9 Å². The zero-order chi connectivity index (χ0) is 54.8. The van der Waals surface area contributed by atoms with E-state index in [9.17, 15) is 40.5 Å². The number of fused-ring (bicyclic) bond motifs is 20. The van der Waals surface area contributed by atoms with E-state index in [-0.39, 0.29) is 91.5 Å². The molecule has 8 bridgehead atoms. The van der Waals surface area contributed by atoms with Crippen molar-refractivity contribution in [3.8, 4) is 45.6 Å². The van der Waals surface area contributed by atoms with Gasteiger partial charge in [-0.05, 0) is 30.3 Å². The molecule has 2 aliphatic heterocycles. The summed E-state index contributed by atoms with van der Waals surface area (Å²) < 4.78 is 1.64. The highest BCUT2D eigenvalue weighted by Crippen LogP contribution is 2.47. The van der Waals surface area contributed by atoms with Crippen LogP contribution in [0.15, 0.2) is 176 Å². The van der Waals surface area contributed by atoms with E-state index in [1.807, 2.05) is 72.8 Å². The third-order valence-electron chi connectivity index (χ3n) is 13.3. The lowest BCUT2D eigenvalue weighted by Crippen LogP contribution is -2.10. The molecule has 0 fully saturated rings. The number of aromatic nitrogens is 8.